The van der Waals surface area contributed by atoms with Gasteiger partial charge in [-0.25, -0.2) is 0 Å². The predicted octanol–water partition coefficient (Wildman–Crippen LogP) is 4.82. The van der Waals surface area contributed by atoms with E-state index in [4.69, 9.17) is 16.3 Å². The van der Waals surface area contributed by atoms with Crippen LogP contribution in [-0.4, -0.2) is 30.1 Å². The molecular formula is C20H21ClN2O. The first-order chi connectivity index (χ1) is 11.7. The molecule has 0 saturated carbocycles. The maximum Gasteiger partial charge on any atom is 0.119 e. The second-order valence-electron chi connectivity index (χ2n) is 6.50. The van der Waals surface area contributed by atoms with Crippen LogP contribution in [0.15, 0.2) is 48.7 Å². The zero-order chi connectivity index (χ0) is 16.5. The molecule has 2 heterocycles. The minimum Gasteiger partial charge on any atom is -0.497 e. The zero-order valence-electron chi connectivity index (χ0n) is 13.8. The molecule has 3 aromatic rings. The average molecular weight is 341 g/mol. The molecule has 1 saturated heterocycles. The summed E-state index contributed by atoms with van der Waals surface area (Å²) in [5.74, 6) is 1.48. The molecule has 4 rings (SSSR count). The van der Waals surface area contributed by atoms with Crippen molar-refractivity contribution in [3.63, 3.8) is 0 Å². The quantitative estimate of drug-likeness (QED) is 0.737. The van der Waals surface area contributed by atoms with Crippen LogP contribution in [0.25, 0.3) is 10.9 Å². The van der Waals surface area contributed by atoms with Gasteiger partial charge in [-0.1, -0.05) is 23.7 Å². The summed E-state index contributed by atoms with van der Waals surface area (Å²) < 4.78 is 5.38. The molecule has 1 unspecified atom stereocenters. The van der Waals surface area contributed by atoms with Gasteiger partial charge in [0.05, 0.1) is 7.11 Å². The van der Waals surface area contributed by atoms with Crippen LogP contribution >= 0.6 is 11.6 Å². The lowest BCUT2D eigenvalue weighted by Gasteiger charge is -2.16. The third-order valence-corrected chi connectivity index (χ3v) is 5.20. The molecule has 124 valence electrons. The number of aromatic amines is 1. The lowest BCUT2D eigenvalue weighted by Crippen LogP contribution is -2.19. The number of benzene rings is 2. The predicted molar refractivity (Wildman–Crippen MR) is 98.9 cm³/mol. The van der Waals surface area contributed by atoms with Crippen molar-refractivity contribution in [2.45, 2.75) is 18.9 Å². The third kappa shape index (κ3) is 3.02. The number of likely N-dealkylation sites (tertiary alicyclic amines) is 1. The van der Waals surface area contributed by atoms with Gasteiger partial charge < -0.3 is 9.72 Å². The number of fused-ring (bicyclic) bond motifs is 1. The minimum absolute atomic E-state index is 0.568. The number of hydrogen-bond donors (Lipinski definition) is 1. The summed E-state index contributed by atoms with van der Waals surface area (Å²) in [5.41, 5.74) is 3.91. The fourth-order valence-electron chi connectivity index (χ4n) is 3.66. The molecule has 0 amide bonds. The maximum atomic E-state index is 5.97. The lowest BCUT2D eigenvalue weighted by atomic mass is 9.98. The summed E-state index contributed by atoms with van der Waals surface area (Å²) in [6.45, 7) is 3.20. The van der Waals surface area contributed by atoms with E-state index in [0.717, 1.165) is 30.4 Å². The van der Waals surface area contributed by atoms with Crippen LogP contribution in [-0.2, 0) is 6.54 Å². The van der Waals surface area contributed by atoms with Crippen LogP contribution < -0.4 is 4.74 Å². The first-order valence-electron chi connectivity index (χ1n) is 8.35. The normalized spacial score (nSPS) is 18.3. The van der Waals surface area contributed by atoms with E-state index in [2.05, 4.69) is 40.3 Å². The highest BCUT2D eigenvalue weighted by atomic mass is 35.5. The van der Waals surface area contributed by atoms with E-state index in [0.29, 0.717) is 5.92 Å². The number of halogens is 1. The Hall–Kier alpha value is -1.97. The summed E-state index contributed by atoms with van der Waals surface area (Å²) in [4.78, 5) is 5.92. The molecule has 1 aromatic heterocycles. The van der Waals surface area contributed by atoms with Crippen molar-refractivity contribution in [1.29, 1.82) is 0 Å². The van der Waals surface area contributed by atoms with Crippen molar-refractivity contribution in [2.24, 2.45) is 0 Å². The van der Waals surface area contributed by atoms with Gasteiger partial charge in [-0.15, -0.1) is 0 Å². The van der Waals surface area contributed by atoms with Gasteiger partial charge in [0, 0.05) is 35.2 Å². The average Bonchev–Trinajstić information content (AvgIpc) is 3.22. The van der Waals surface area contributed by atoms with Gasteiger partial charge in [-0.05, 0) is 60.3 Å². The Morgan fingerprint density at radius 1 is 1.21 bits per heavy atom. The van der Waals surface area contributed by atoms with E-state index < -0.39 is 0 Å². The summed E-state index contributed by atoms with van der Waals surface area (Å²) >= 11 is 5.97. The van der Waals surface area contributed by atoms with Crippen LogP contribution in [0.1, 0.15) is 23.5 Å². The fraction of sp³-hybridized carbons (Fsp3) is 0.300. The largest absolute Gasteiger partial charge is 0.497 e. The Balaban J connectivity index is 1.51. The molecule has 3 nitrogen and oxygen atoms in total. The Bertz CT molecular complexity index is 840. The molecule has 24 heavy (non-hydrogen) atoms. The Morgan fingerprint density at radius 3 is 2.83 bits per heavy atom. The Labute approximate surface area is 147 Å². The highest BCUT2D eigenvalue weighted by Crippen LogP contribution is 2.34. The monoisotopic (exact) mass is 340 g/mol. The second-order valence-corrected chi connectivity index (χ2v) is 6.94. The van der Waals surface area contributed by atoms with Crippen LogP contribution in [0.5, 0.6) is 5.75 Å². The first kappa shape index (κ1) is 15.6. The van der Waals surface area contributed by atoms with Gasteiger partial charge in [0.1, 0.15) is 5.75 Å². The smallest absolute Gasteiger partial charge is 0.119 e. The highest BCUT2D eigenvalue weighted by Gasteiger charge is 2.26. The molecule has 0 radical (unpaired) electrons. The standard InChI is InChI=1S/C20H21ClN2O/c1-24-17-6-7-20-18(10-17)19(11-22-20)15-8-9-23(13-15)12-14-2-4-16(21)5-3-14/h2-7,10-11,15,22H,8-9,12-13H2,1H3. The zero-order valence-corrected chi connectivity index (χ0v) is 14.5. The van der Waals surface area contributed by atoms with Crippen molar-refractivity contribution >= 4 is 22.5 Å². The number of nitrogens with zero attached hydrogens (tertiary/aromatic N) is 1. The van der Waals surface area contributed by atoms with Crippen molar-refractivity contribution in [3.8, 4) is 5.75 Å². The molecule has 1 aliphatic rings. The molecule has 0 bridgehead atoms. The number of ether oxygens (including phenoxy) is 1. The van der Waals surface area contributed by atoms with E-state index in [-0.39, 0.29) is 0 Å². The summed E-state index contributed by atoms with van der Waals surface area (Å²) in [5, 5.41) is 2.08. The molecule has 1 fully saturated rings. The number of H-pyrrole nitrogens is 1. The molecule has 4 heteroatoms. The van der Waals surface area contributed by atoms with Gasteiger partial charge in [-0.3, -0.25) is 4.90 Å². The molecule has 0 aliphatic carbocycles. The number of aromatic nitrogens is 1. The van der Waals surface area contributed by atoms with Crippen LogP contribution in [0.4, 0.5) is 0 Å². The molecule has 1 N–H and O–H groups in total. The van der Waals surface area contributed by atoms with Crippen molar-refractivity contribution in [1.82, 2.24) is 9.88 Å². The maximum absolute atomic E-state index is 5.97. The summed E-state index contributed by atoms with van der Waals surface area (Å²) in [6, 6.07) is 14.4. The SMILES string of the molecule is COc1ccc2[nH]cc(C3CCN(Cc4ccc(Cl)cc4)C3)c2c1. The fourth-order valence-corrected chi connectivity index (χ4v) is 3.79. The number of methoxy groups -OCH3 is 1. The van der Waals surface area contributed by atoms with Gasteiger partial charge in [-0.2, -0.15) is 0 Å². The van der Waals surface area contributed by atoms with Crippen molar-refractivity contribution < 1.29 is 4.74 Å². The van der Waals surface area contributed by atoms with Crippen LogP contribution in [0.2, 0.25) is 5.02 Å². The number of hydrogen-bond acceptors (Lipinski definition) is 2. The second kappa shape index (κ2) is 6.50. The van der Waals surface area contributed by atoms with Crippen LogP contribution in [0.3, 0.4) is 0 Å². The van der Waals surface area contributed by atoms with Gasteiger partial charge in [0.25, 0.3) is 0 Å². The van der Waals surface area contributed by atoms with Gasteiger partial charge in [0.2, 0.25) is 0 Å². The lowest BCUT2D eigenvalue weighted by molar-refractivity contribution is 0.327. The number of rotatable bonds is 4. The molecule has 0 spiro atoms. The Kier molecular flexibility index (Phi) is 4.21. The number of nitrogens with one attached hydrogen (secondary N) is 1. The van der Waals surface area contributed by atoms with E-state index in [9.17, 15) is 0 Å². The summed E-state index contributed by atoms with van der Waals surface area (Å²) in [7, 11) is 1.72. The van der Waals surface area contributed by atoms with Gasteiger partial charge >= 0.3 is 0 Å². The molecule has 1 aliphatic heterocycles. The first-order valence-corrected chi connectivity index (χ1v) is 8.72. The molecular weight excluding hydrogens is 320 g/mol. The Morgan fingerprint density at radius 2 is 2.04 bits per heavy atom. The molecule has 1 atom stereocenters. The van der Waals surface area contributed by atoms with Crippen LogP contribution in [0, 0.1) is 0 Å². The van der Waals surface area contributed by atoms with E-state index in [1.54, 1.807) is 7.11 Å². The minimum atomic E-state index is 0.568. The molecule has 2 aromatic carbocycles. The van der Waals surface area contributed by atoms with Crippen molar-refractivity contribution in [2.75, 3.05) is 20.2 Å². The van der Waals surface area contributed by atoms with Gasteiger partial charge in [0.15, 0.2) is 0 Å². The van der Waals surface area contributed by atoms with E-state index >= 15 is 0 Å². The van der Waals surface area contributed by atoms with E-state index in [1.807, 2.05) is 18.2 Å². The van der Waals surface area contributed by atoms with E-state index in [1.165, 1.54) is 28.5 Å². The third-order valence-electron chi connectivity index (χ3n) is 4.95. The summed E-state index contributed by atoms with van der Waals surface area (Å²) in [6.07, 6.45) is 3.36. The topological polar surface area (TPSA) is 28.3 Å². The highest BCUT2D eigenvalue weighted by molar-refractivity contribution is 6.30. The van der Waals surface area contributed by atoms with Crippen molar-refractivity contribution in [3.05, 3.63) is 64.8 Å².